The van der Waals surface area contributed by atoms with E-state index in [-0.39, 0.29) is 18.1 Å². The topological polar surface area (TPSA) is 86.0 Å². The summed E-state index contributed by atoms with van der Waals surface area (Å²) in [5.74, 6) is 0.822. The molecule has 0 saturated carbocycles. The van der Waals surface area contributed by atoms with Gasteiger partial charge in [-0.05, 0) is 77.0 Å². The molecule has 0 fully saturated rings. The molecule has 0 aromatic heterocycles. The van der Waals surface area contributed by atoms with E-state index in [1.807, 2.05) is 13.0 Å². The number of hydrogen-bond acceptors (Lipinski definition) is 6. The molecule has 160 valence electrons. The van der Waals surface area contributed by atoms with E-state index in [1.165, 1.54) is 24.3 Å². The van der Waals surface area contributed by atoms with Gasteiger partial charge in [-0.1, -0.05) is 12.1 Å². The van der Waals surface area contributed by atoms with Crippen molar-refractivity contribution in [1.82, 2.24) is 0 Å². The van der Waals surface area contributed by atoms with Crippen molar-refractivity contribution in [3.63, 3.8) is 0 Å². The van der Waals surface area contributed by atoms with E-state index < -0.39 is 4.92 Å². The van der Waals surface area contributed by atoms with Gasteiger partial charge in [-0.25, -0.2) is 4.39 Å². The third-order valence-electron chi connectivity index (χ3n) is 4.09. The normalized spacial score (nSPS) is 10.8. The molecule has 7 nitrogen and oxygen atoms in total. The first kappa shape index (κ1) is 22.5. The number of nitrogens with one attached hydrogen (secondary N) is 1. The van der Waals surface area contributed by atoms with Crippen LogP contribution in [0.2, 0.25) is 0 Å². The molecule has 0 radical (unpaired) electrons. The molecular formula is C22H19FIN3O4. The minimum atomic E-state index is -0.456. The smallest absolute Gasteiger partial charge is 0.269 e. The summed E-state index contributed by atoms with van der Waals surface area (Å²) >= 11 is 2.15. The number of ether oxygens (including phenoxy) is 2. The number of benzene rings is 3. The summed E-state index contributed by atoms with van der Waals surface area (Å²) in [6.07, 6.45) is 1.61. The van der Waals surface area contributed by atoms with Crippen LogP contribution < -0.4 is 14.9 Å². The zero-order chi connectivity index (χ0) is 22.2. The van der Waals surface area contributed by atoms with Crippen LogP contribution in [0, 0.1) is 19.5 Å². The Labute approximate surface area is 192 Å². The first-order valence-electron chi connectivity index (χ1n) is 9.33. The van der Waals surface area contributed by atoms with Gasteiger partial charge in [-0.15, -0.1) is 0 Å². The minimum Gasteiger partial charge on any atom is -0.490 e. The maximum absolute atomic E-state index is 13.4. The zero-order valence-electron chi connectivity index (χ0n) is 16.5. The van der Waals surface area contributed by atoms with Crippen LogP contribution in [0.25, 0.3) is 0 Å². The molecule has 0 saturated heterocycles. The molecular weight excluding hydrogens is 516 g/mol. The second kappa shape index (κ2) is 10.7. The predicted octanol–water partition coefficient (Wildman–Crippen LogP) is 5.76. The predicted molar refractivity (Wildman–Crippen MR) is 125 cm³/mol. The summed E-state index contributed by atoms with van der Waals surface area (Å²) in [6.45, 7) is 2.54. The van der Waals surface area contributed by atoms with E-state index in [2.05, 4.69) is 33.1 Å². The average molecular weight is 535 g/mol. The molecule has 0 amide bonds. The molecule has 0 aliphatic heterocycles. The van der Waals surface area contributed by atoms with Gasteiger partial charge >= 0.3 is 0 Å². The standard InChI is InChI=1S/C22H19FIN3O4/c1-2-30-21-12-16(13-25-26-18-6-8-19(9-7-18)27(28)29)11-20(24)22(21)31-14-15-4-3-5-17(23)10-15/h3-13,26H,2,14H2,1H3/b25-13+. The number of hydrazone groups is 1. The SMILES string of the molecule is CCOc1cc(/C=N/Nc2ccc([N+](=O)[O-])cc2)cc(I)c1OCc1cccc(F)c1. The van der Waals surface area contributed by atoms with Crippen LogP contribution in [-0.4, -0.2) is 17.7 Å². The molecule has 3 aromatic rings. The molecule has 0 heterocycles. The van der Waals surface area contributed by atoms with Crippen LogP contribution in [0.15, 0.2) is 65.8 Å². The third-order valence-corrected chi connectivity index (χ3v) is 4.89. The summed E-state index contributed by atoms with van der Waals surface area (Å²) in [7, 11) is 0. The van der Waals surface area contributed by atoms with Gasteiger partial charge in [-0.3, -0.25) is 15.5 Å². The number of nitrogens with zero attached hydrogens (tertiary/aromatic N) is 2. The second-order valence-corrected chi connectivity index (χ2v) is 7.52. The van der Waals surface area contributed by atoms with E-state index in [9.17, 15) is 14.5 Å². The largest absolute Gasteiger partial charge is 0.490 e. The Morgan fingerprint density at radius 2 is 1.94 bits per heavy atom. The van der Waals surface area contributed by atoms with Crippen molar-refractivity contribution in [2.45, 2.75) is 13.5 Å². The average Bonchev–Trinajstić information content (AvgIpc) is 2.74. The van der Waals surface area contributed by atoms with E-state index in [0.29, 0.717) is 23.8 Å². The van der Waals surface area contributed by atoms with Crippen molar-refractivity contribution in [3.05, 3.63) is 91.3 Å². The van der Waals surface area contributed by atoms with Crippen molar-refractivity contribution in [2.24, 2.45) is 5.10 Å². The molecule has 1 N–H and O–H groups in total. The van der Waals surface area contributed by atoms with Gasteiger partial charge in [0, 0.05) is 12.1 Å². The molecule has 0 unspecified atom stereocenters. The Hall–Kier alpha value is -3.21. The van der Waals surface area contributed by atoms with Crippen LogP contribution in [0.5, 0.6) is 11.5 Å². The van der Waals surface area contributed by atoms with Gasteiger partial charge in [0.2, 0.25) is 0 Å². The third kappa shape index (κ3) is 6.38. The minimum absolute atomic E-state index is 0.0132. The maximum atomic E-state index is 13.4. The monoisotopic (exact) mass is 535 g/mol. The van der Waals surface area contributed by atoms with Gasteiger partial charge in [0.25, 0.3) is 5.69 Å². The van der Waals surface area contributed by atoms with Gasteiger partial charge in [0.05, 0.1) is 27.0 Å². The van der Waals surface area contributed by atoms with Crippen LogP contribution in [0.4, 0.5) is 15.8 Å². The van der Waals surface area contributed by atoms with Crippen molar-refractivity contribution < 1.29 is 18.8 Å². The van der Waals surface area contributed by atoms with E-state index in [1.54, 1.807) is 36.5 Å². The first-order valence-corrected chi connectivity index (χ1v) is 10.4. The molecule has 3 aromatic carbocycles. The number of rotatable bonds is 9. The summed E-state index contributed by atoms with van der Waals surface area (Å²) in [4.78, 5) is 10.3. The Bertz CT molecular complexity index is 1090. The second-order valence-electron chi connectivity index (χ2n) is 6.36. The van der Waals surface area contributed by atoms with Crippen molar-refractivity contribution in [2.75, 3.05) is 12.0 Å². The molecule has 0 aliphatic rings. The molecule has 3 rings (SSSR count). The van der Waals surface area contributed by atoms with E-state index in [4.69, 9.17) is 9.47 Å². The summed E-state index contributed by atoms with van der Waals surface area (Å²) < 4.78 is 25.8. The lowest BCUT2D eigenvalue weighted by Crippen LogP contribution is -2.03. The highest BCUT2D eigenvalue weighted by molar-refractivity contribution is 14.1. The number of anilines is 1. The Morgan fingerprint density at radius 3 is 2.61 bits per heavy atom. The summed E-state index contributed by atoms with van der Waals surface area (Å²) in [6, 6.07) is 15.9. The van der Waals surface area contributed by atoms with Crippen molar-refractivity contribution >= 4 is 40.2 Å². The fraction of sp³-hybridized carbons (Fsp3) is 0.136. The lowest BCUT2D eigenvalue weighted by atomic mass is 10.2. The van der Waals surface area contributed by atoms with Crippen LogP contribution in [-0.2, 0) is 6.61 Å². The van der Waals surface area contributed by atoms with Crippen LogP contribution in [0.1, 0.15) is 18.1 Å². The van der Waals surface area contributed by atoms with Gasteiger partial charge in [-0.2, -0.15) is 5.10 Å². The fourth-order valence-corrected chi connectivity index (χ4v) is 3.47. The Balaban J connectivity index is 1.72. The number of nitro groups is 1. The molecule has 0 aliphatic carbocycles. The highest BCUT2D eigenvalue weighted by Gasteiger charge is 2.12. The van der Waals surface area contributed by atoms with Crippen LogP contribution >= 0.6 is 22.6 Å². The molecule has 31 heavy (non-hydrogen) atoms. The molecule has 9 heteroatoms. The quantitative estimate of drug-likeness (QED) is 0.163. The van der Waals surface area contributed by atoms with Gasteiger partial charge < -0.3 is 9.47 Å². The number of halogens is 2. The Kier molecular flexibility index (Phi) is 7.76. The highest BCUT2D eigenvalue weighted by Crippen LogP contribution is 2.34. The number of nitro benzene ring substituents is 1. The lowest BCUT2D eigenvalue weighted by Gasteiger charge is -2.15. The summed E-state index contributed by atoms with van der Waals surface area (Å²) in [5.41, 5.74) is 4.97. The molecule has 0 bridgehead atoms. The Morgan fingerprint density at radius 1 is 1.16 bits per heavy atom. The highest BCUT2D eigenvalue weighted by atomic mass is 127. The maximum Gasteiger partial charge on any atom is 0.269 e. The first-order chi connectivity index (χ1) is 15.0. The van der Waals surface area contributed by atoms with Crippen molar-refractivity contribution in [3.8, 4) is 11.5 Å². The van der Waals surface area contributed by atoms with Gasteiger partial charge in [0.15, 0.2) is 11.5 Å². The molecule has 0 spiro atoms. The van der Waals surface area contributed by atoms with Crippen LogP contribution in [0.3, 0.4) is 0 Å². The molecule has 0 atom stereocenters. The lowest BCUT2D eigenvalue weighted by molar-refractivity contribution is -0.384. The van der Waals surface area contributed by atoms with E-state index >= 15 is 0 Å². The summed E-state index contributed by atoms with van der Waals surface area (Å²) in [5, 5.41) is 14.9. The fourth-order valence-electron chi connectivity index (χ4n) is 2.69. The number of non-ortho nitro benzene ring substituents is 1. The number of hydrogen-bond donors (Lipinski definition) is 1. The van der Waals surface area contributed by atoms with Crippen molar-refractivity contribution in [1.29, 1.82) is 0 Å². The van der Waals surface area contributed by atoms with Gasteiger partial charge in [0.1, 0.15) is 12.4 Å². The zero-order valence-corrected chi connectivity index (χ0v) is 18.7. The van der Waals surface area contributed by atoms with E-state index in [0.717, 1.165) is 14.7 Å².